The number of halogens is 2. The Hall–Kier alpha value is -0.340. The molecule has 1 heterocycles. The summed E-state index contributed by atoms with van der Waals surface area (Å²) in [5, 5.41) is 9.95. The summed E-state index contributed by atoms with van der Waals surface area (Å²) in [7, 11) is -2.35. The number of nitrogens with zero attached hydrogens (tertiary/aromatic N) is 1. The lowest BCUT2D eigenvalue weighted by molar-refractivity contribution is 0.108. The summed E-state index contributed by atoms with van der Waals surface area (Å²) in [6, 6.07) is 2.94. The quantitative estimate of drug-likeness (QED) is 0.868. The van der Waals surface area contributed by atoms with Gasteiger partial charge in [-0.05, 0) is 40.9 Å². The van der Waals surface area contributed by atoms with Gasteiger partial charge >= 0.3 is 0 Å². The molecule has 20 heavy (non-hydrogen) atoms. The normalized spacial score (nSPS) is 20.9. The van der Waals surface area contributed by atoms with E-state index in [-0.39, 0.29) is 17.2 Å². The van der Waals surface area contributed by atoms with Crippen LogP contribution in [0.3, 0.4) is 0 Å². The zero-order chi connectivity index (χ0) is 14.9. The van der Waals surface area contributed by atoms with Crippen molar-refractivity contribution in [1.29, 1.82) is 0 Å². The summed E-state index contributed by atoms with van der Waals surface area (Å²) in [5.74, 6) is 0.217. The van der Waals surface area contributed by atoms with Crippen molar-refractivity contribution >= 4 is 37.6 Å². The van der Waals surface area contributed by atoms with E-state index < -0.39 is 16.1 Å². The molecule has 0 aromatic heterocycles. The van der Waals surface area contributed by atoms with Crippen LogP contribution < -0.4 is 4.74 Å². The van der Waals surface area contributed by atoms with Gasteiger partial charge in [-0.1, -0.05) is 11.6 Å². The Bertz CT molecular complexity index is 608. The Kier molecular flexibility index (Phi) is 4.96. The van der Waals surface area contributed by atoms with Gasteiger partial charge in [0.25, 0.3) is 0 Å². The number of methoxy groups -OCH3 is 1. The summed E-state index contributed by atoms with van der Waals surface area (Å²) in [6.07, 6.45) is 0.611. The number of β-amino-alcohol motifs (C(OH)–C–C–N with tert-alkyl or cyclic N) is 1. The average Bonchev–Trinajstić information content (AvgIpc) is 2.38. The lowest BCUT2D eigenvalue weighted by Crippen LogP contribution is -2.42. The highest BCUT2D eigenvalue weighted by Gasteiger charge is 2.32. The van der Waals surface area contributed by atoms with E-state index in [1.54, 1.807) is 6.07 Å². The highest BCUT2D eigenvalue weighted by molar-refractivity contribution is 9.10. The van der Waals surface area contributed by atoms with Crippen molar-refractivity contribution in [3.63, 3.8) is 0 Å². The maximum atomic E-state index is 12.7. The number of hydrogen-bond acceptors (Lipinski definition) is 4. The van der Waals surface area contributed by atoms with Crippen molar-refractivity contribution in [3.8, 4) is 5.75 Å². The highest BCUT2D eigenvalue weighted by atomic mass is 79.9. The van der Waals surface area contributed by atoms with Gasteiger partial charge in [-0.2, -0.15) is 4.31 Å². The molecule has 1 atom stereocenters. The summed E-state index contributed by atoms with van der Waals surface area (Å²) in [4.78, 5) is 0.00785. The third-order valence-electron chi connectivity index (χ3n) is 3.16. The Morgan fingerprint density at radius 3 is 2.80 bits per heavy atom. The van der Waals surface area contributed by atoms with E-state index in [1.165, 1.54) is 17.5 Å². The van der Waals surface area contributed by atoms with Gasteiger partial charge in [0, 0.05) is 18.1 Å². The van der Waals surface area contributed by atoms with Crippen LogP contribution in [0.25, 0.3) is 0 Å². The predicted octanol–water partition coefficient (Wildman–Crippen LogP) is 2.26. The minimum atomic E-state index is -3.75. The highest BCUT2D eigenvalue weighted by Crippen LogP contribution is 2.37. The van der Waals surface area contributed by atoms with Crippen molar-refractivity contribution in [1.82, 2.24) is 4.31 Å². The Morgan fingerprint density at radius 2 is 2.20 bits per heavy atom. The first-order valence-corrected chi connectivity index (χ1v) is 8.68. The fraction of sp³-hybridized carbons (Fsp3) is 0.500. The summed E-state index contributed by atoms with van der Waals surface area (Å²) >= 11 is 9.18. The molecule has 0 aliphatic carbocycles. The van der Waals surface area contributed by atoms with Gasteiger partial charge in [0.15, 0.2) is 5.75 Å². The minimum absolute atomic E-state index is 0.00785. The molecule has 5 nitrogen and oxygen atoms in total. The van der Waals surface area contributed by atoms with Crippen LogP contribution >= 0.6 is 27.5 Å². The number of aliphatic hydroxyl groups is 1. The number of benzene rings is 1. The van der Waals surface area contributed by atoms with Crippen LogP contribution in [0.4, 0.5) is 0 Å². The fourth-order valence-electron chi connectivity index (χ4n) is 2.20. The molecule has 1 aliphatic rings. The van der Waals surface area contributed by atoms with E-state index >= 15 is 0 Å². The topological polar surface area (TPSA) is 66.8 Å². The van der Waals surface area contributed by atoms with Crippen LogP contribution in [0.5, 0.6) is 5.75 Å². The second kappa shape index (κ2) is 6.19. The van der Waals surface area contributed by atoms with E-state index in [1.807, 2.05) is 0 Å². The van der Waals surface area contributed by atoms with Crippen LogP contribution in [-0.4, -0.2) is 44.1 Å². The molecule has 0 radical (unpaired) electrons. The van der Waals surface area contributed by atoms with Gasteiger partial charge in [0.05, 0.1) is 17.7 Å². The lowest BCUT2D eigenvalue weighted by Gasteiger charge is -2.29. The van der Waals surface area contributed by atoms with Crippen molar-refractivity contribution in [3.05, 3.63) is 21.6 Å². The molecule has 1 fully saturated rings. The maximum Gasteiger partial charge on any atom is 0.246 e. The second-order valence-corrected chi connectivity index (χ2v) is 7.78. The summed E-state index contributed by atoms with van der Waals surface area (Å²) in [5.41, 5.74) is 0. The molecule has 8 heteroatoms. The van der Waals surface area contributed by atoms with Gasteiger partial charge in [0.1, 0.15) is 4.90 Å². The molecule has 1 N–H and O–H groups in total. The van der Waals surface area contributed by atoms with Crippen molar-refractivity contribution < 1.29 is 18.3 Å². The zero-order valence-corrected chi connectivity index (χ0v) is 14.0. The van der Waals surface area contributed by atoms with E-state index in [4.69, 9.17) is 16.3 Å². The van der Waals surface area contributed by atoms with Gasteiger partial charge in [-0.15, -0.1) is 0 Å². The Morgan fingerprint density at radius 1 is 1.50 bits per heavy atom. The molecule has 0 spiro atoms. The molecule has 1 aromatic rings. The van der Waals surface area contributed by atoms with Crippen LogP contribution in [0.15, 0.2) is 21.5 Å². The van der Waals surface area contributed by atoms with Gasteiger partial charge in [-0.25, -0.2) is 8.42 Å². The molecule has 1 aliphatic heterocycles. The summed E-state index contributed by atoms with van der Waals surface area (Å²) < 4.78 is 32.2. The summed E-state index contributed by atoms with van der Waals surface area (Å²) in [6.45, 7) is 0.475. The van der Waals surface area contributed by atoms with Crippen molar-refractivity contribution in [2.24, 2.45) is 0 Å². The molecule has 1 aromatic carbocycles. The molecule has 0 bridgehead atoms. The average molecular weight is 385 g/mol. The van der Waals surface area contributed by atoms with E-state index in [0.717, 1.165) is 0 Å². The molecular weight excluding hydrogens is 370 g/mol. The third-order valence-corrected chi connectivity index (χ3v) is 5.83. The molecule has 0 amide bonds. The standard InChI is InChI=1S/C12H15BrClNO4S/c1-19-12-10(13)5-8(14)6-11(12)20(17,18)15-4-2-3-9(16)7-15/h5-6,9,16H,2-4,7H2,1H3. The van der Waals surface area contributed by atoms with Gasteiger partial charge in [0.2, 0.25) is 10.0 Å². The predicted molar refractivity (Wildman–Crippen MR) is 79.7 cm³/mol. The van der Waals surface area contributed by atoms with Crippen LogP contribution in [0.2, 0.25) is 5.02 Å². The monoisotopic (exact) mass is 383 g/mol. The second-order valence-electron chi connectivity index (χ2n) is 4.58. The number of hydrogen-bond donors (Lipinski definition) is 1. The Labute approximate surface area is 131 Å². The van der Waals surface area contributed by atoms with E-state index in [0.29, 0.717) is 28.9 Å². The van der Waals surface area contributed by atoms with E-state index in [2.05, 4.69) is 15.9 Å². The molecule has 1 unspecified atom stereocenters. The minimum Gasteiger partial charge on any atom is -0.494 e. The number of ether oxygens (including phenoxy) is 1. The van der Waals surface area contributed by atoms with Crippen LogP contribution in [0, 0.1) is 0 Å². The van der Waals surface area contributed by atoms with Gasteiger partial charge in [-0.3, -0.25) is 0 Å². The van der Waals surface area contributed by atoms with Crippen LogP contribution in [0.1, 0.15) is 12.8 Å². The molecule has 2 rings (SSSR count). The molecular formula is C12H15BrClNO4S. The number of sulfonamides is 1. The smallest absolute Gasteiger partial charge is 0.246 e. The largest absolute Gasteiger partial charge is 0.494 e. The molecule has 112 valence electrons. The zero-order valence-electron chi connectivity index (χ0n) is 10.8. The van der Waals surface area contributed by atoms with E-state index in [9.17, 15) is 13.5 Å². The number of piperidine rings is 1. The van der Waals surface area contributed by atoms with Crippen molar-refractivity contribution in [2.45, 2.75) is 23.8 Å². The molecule has 1 saturated heterocycles. The number of rotatable bonds is 3. The lowest BCUT2D eigenvalue weighted by atomic mass is 10.1. The van der Waals surface area contributed by atoms with Crippen LogP contribution in [-0.2, 0) is 10.0 Å². The maximum absolute atomic E-state index is 12.7. The van der Waals surface area contributed by atoms with Crippen molar-refractivity contribution in [2.75, 3.05) is 20.2 Å². The SMILES string of the molecule is COc1c(Br)cc(Cl)cc1S(=O)(=O)N1CCCC(O)C1. The fourth-order valence-corrected chi connectivity index (χ4v) is 5.09. The molecule has 0 saturated carbocycles. The third kappa shape index (κ3) is 3.12. The number of aliphatic hydroxyl groups excluding tert-OH is 1. The first kappa shape index (κ1) is 16.0. The van der Waals surface area contributed by atoms with Gasteiger partial charge < -0.3 is 9.84 Å². The Balaban J connectivity index is 2.48. The first-order valence-electron chi connectivity index (χ1n) is 6.07. The first-order chi connectivity index (χ1) is 9.36.